The zero-order valence-corrected chi connectivity index (χ0v) is 8.03. The van der Waals surface area contributed by atoms with E-state index in [0.29, 0.717) is 0 Å². The van der Waals surface area contributed by atoms with Crippen molar-refractivity contribution in [2.75, 3.05) is 5.73 Å². The van der Waals surface area contributed by atoms with Crippen molar-refractivity contribution in [2.24, 2.45) is 5.73 Å². The normalized spacial score (nSPS) is 12.8. The van der Waals surface area contributed by atoms with Crippen molar-refractivity contribution < 1.29 is 0 Å². The zero-order valence-electron chi connectivity index (χ0n) is 8.03. The molecule has 72 valence electrons. The molecule has 0 aliphatic heterocycles. The molecule has 0 radical (unpaired) electrons. The van der Waals surface area contributed by atoms with E-state index < -0.39 is 0 Å². The predicted octanol–water partition coefficient (Wildman–Crippen LogP) is 1.85. The van der Waals surface area contributed by atoms with Crippen LogP contribution < -0.4 is 11.5 Å². The molecular formula is C10H17N3. The predicted molar refractivity (Wildman–Crippen MR) is 55.1 cm³/mol. The Labute approximate surface area is 79.2 Å². The van der Waals surface area contributed by atoms with Crippen LogP contribution in [0.2, 0.25) is 0 Å². The third-order valence-corrected chi connectivity index (χ3v) is 2.16. The van der Waals surface area contributed by atoms with Gasteiger partial charge in [0.2, 0.25) is 0 Å². The summed E-state index contributed by atoms with van der Waals surface area (Å²) in [6.45, 7) is 2.15. The van der Waals surface area contributed by atoms with Gasteiger partial charge in [0.1, 0.15) is 0 Å². The monoisotopic (exact) mass is 179 g/mol. The Hall–Kier alpha value is -1.09. The van der Waals surface area contributed by atoms with Gasteiger partial charge in [0.15, 0.2) is 0 Å². The molecule has 1 rings (SSSR count). The molecular weight excluding hydrogens is 162 g/mol. The van der Waals surface area contributed by atoms with Crippen molar-refractivity contribution in [1.29, 1.82) is 0 Å². The lowest BCUT2D eigenvalue weighted by Gasteiger charge is -2.12. The van der Waals surface area contributed by atoms with Gasteiger partial charge in [-0.1, -0.05) is 19.8 Å². The number of anilines is 1. The van der Waals surface area contributed by atoms with Gasteiger partial charge in [-0.2, -0.15) is 0 Å². The highest BCUT2D eigenvalue weighted by Crippen LogP contribution is 2.20. The smallest absolute Gasteiger partial charge is 0.0393 e. The van der Waals surface area contributed by atoms with Gasteiger partial charge in [-0.3, -0.25) is 4.98 Å². The van der Waals surface area contributed by atoms with Crippen molar-refractivity contribution in [1.82, 2.24) is 4.98 Å². The Bertz CT molecular complexity index is 260. The van der Waals surface area contributed by atoms with Crippen molar-refractivity contribution in [3.63, 3.8) is 0 Å². The van der Waals surface area contributed by atoms with E-state index in [2.05, 4.69) is 11.9 Å². The molecule has 1 heterocycles. The molecule has 13 heavy (non-hydrogen) atoms. The topological polar surface area (TPSA) is 64.9 Å². The Kier molecular flexibility index (Phi) is 3.71. The van der Waals surface area contributed by atoms with E-state index in [4.69, 9.17) is 11.5 Å². The van der Waals surface area contributed by atoms with Gasteiger partial charge in [0, 0.05) is 29.7 Å². The summed E-state index contributed by atoms with van der Waals surface area (Å²) in [5, 5.41) is 0. The minimum atomic E-state index is 0.0358. The number of rotatable bonds is 4. The van der Waals surface area contributed by atoms with Crippen LogP contribution in [-0.2, 0) is 0 Å². The first-order valence-electron chi connectivity index (χ1n) is 4.70. The number of nitrogen functional groups attached to an aromatic ring is 1. The first-order chi connectivity index (χ1) is 6.25. The molecule has 0 aromatic carbocycles. The SMILES string of the molecule is CCCCC(N)c1cnccc1N. The van der Waals surface area contributed by atoms with E-state index in [1.54, 1.807) is 18.5 Å². The molecule has 0 aliphatic carbocycles. The van der Waals surface area contributed by atoms with Gasteiger partial charge in [-0.25, -0.2) is 0 Å². The highest BCUT2D eigenvalue weighted by atomic mass is 14.7. The number of aromatic nitrogens is 1. The molecule has 0 spiro atoms. The molecule has 1 aromatic rings. The molecule has 1 atom stereocenters. The highest BCUT2D eigenvalue weighted by Gasteiger charge is 2.08. The van der Waals surface area contributed by atoms with Gasteiger partial charge in [0.25, 0.3) is 0 Å². The standard InChI is InChI=1S/C10H17N3/c1-2-3-4-9(11)8-7-13-6-5-10(8)12/h5-7,9H,2-4,11H2,1H3,(H2,12,13). The van der Waals surface area contributed by atoms with E-state index in [1.807, 2.05) is 0 Å². The summed E-state index contributed by atoms with van der Waals surface area (Å²) in [6, 6.07) is 1.83. The lowest BCUT2D eigenvalue weighted by Crippen LogP contribution is -2.12. The van der Waals surface area contributed by atoms with Gasteiger partial charge >= 0.3 is 0 Å². The van der Waals surface area contributed by atoms with E-state index >= 15 is 0 Å². The summed E-state index contributed by atoms with van der Waals surface area (Å²) in [5.41, 5.74) is 13.5. The Morgan fingerprint density at radius 1 is 1.54 bits per heavy atom. The van der Waals surface area contributed by atoms with Crippen LogP contribution in [0.5, 0.6) is 0 Å². The number of nitrogens with two attached hydrogens (primary N) is 2. The van der Waals surface area contributed by atoms with Crippen molar-refractivity contribution >= 4 is 5.69 Å². The zero-order chi connectivity index (χ0) is 9.68. The van der Waals surface area contributed by atoms with Gasteiger partial charge in [0.05, 0.1) is 0 Å². The molecule has 1 unspecified atom stereocenters. The van der Waals surface area contributed by atoms with Gasteiger partial charge < -0.3 is 11.5 Å². The second-order valence-electron chi connectivity index (χ2n) is 3.25. The number of unbranched alkanes of at least 4 members (excludes halogenated alkanes) is 1. The average Bonchev–Trinajstić information content (AvgIpc) is 2.15. The Balaban J connectivity index is 2.65. The number of nitrogens with zero attached hydrogens (tertiary/aromatic N) is 1. The molecule has 0 amide bonds. The number of hydrogen-bond donors (Lipinski definition) is 2. The minimum Gasteiger partial charge on any atom is -0.398 e. The van der Waals surface area contributed by atoms with Crippen LogP contribution >= 0.6 is 0 Å². The van der Waals surface area contributed by atoms with Crippen molar-refractivity contribution in [2.45, 2.75) is 32.2 Å². The molecule has 0 saturated heterocycles. The fourth-order valence-electron chi connectivity index (χ4n) is 1.31. The lowest BCUT2D eigenvalue weighted by atomic mass is 10.0. The van der Waals surface area contributed by atoms with Crippen LogP contribution in [0.4, 0.5) is 5.69 Å². The summed E-state index contributed by atoms with van der Waals surface area (Å²) in [7, 11) is 0. The van der Waals surface area contributed by atoms with Crippen LogP contribution in [0.15, 0.2) is 18.5 Å². The molecule has 1 aromatic heterocycles. The second-order valence-corrected chi connectivity index (χ2v) is 3.25. The van der Waals surface area contributed by atoms with E-state index in [9.17, 15) is 0 Å². The van der Waals surface area contributed by atoms with Gasteiger partial charge in [-0.05, 0) is 12.5 Å². The van der Waals surface area contributed by atoms with Gasteiger partial charge in [-0.15, -0.1) is 0 Å². The van der Waals surface area contributed by atoms with Crippen molar-refractivity contribution in [3.05, 3.63) is 24.0 Å². The summed E-state index contributed by atoms with van der Waals surface area (Å²) < 4.78 is 0. The largest absolute Gasteiger partial charge is 0.398 e. The summed E-state index contributed by atoms with van der Waals surface area (Å²) in [5.74, 6) is 0. The molecule has 3 nitrogen and oxygen atoms in total. The average molecular weight is 179 g/mol. The summed E-state index contributed by atoms with van der Waals surface area (Å²) in [4.78, 5) is 4.01. The maximum Gasteiger partial charge on any atom is 0.0393 e. The van der Waals surface area contributed by atoms with E-state index in [1.165, 1.54) is 0 Å². The second kappa shape index (κ2) is 4.82. The molecule has 0 aliphatic rings. The molecule has 3 heteroatoms. The van der Waals surface area contributed by atoms with E-state index in [-0.39, 0.29) is 6.04 Å². The third-order valence-electron chi connectivity index (χ3n) is 2.16. The van der Waals surface area contributed by atoms with Crippen LogP contribution in [0.25, 0.3) is 0 Å². The maximum atomic E-state index is 5.96. The first-order valence-corrected chi connectivity index (χ1v) is 4.70. The number of pyridine rings is 1. The number of hydrogen-bond acceptors (Lipinski definition) is 3. The third kappa shape index (κ3) is 2.70. The Morgan fingerprint density at radius 3 is 2.92 bits per heavy atom. The van der Waals surface area contributed by atoms with Crippen LogP contribution in [0, 0.1) is 0 Å². The highest BCUT2D eigenvalue weighted by molar-refractivity contribution is 5.45. The Morgan fingerprint density at radius 2 is 2.31 bits per heavy atom. The summed E-state index contributed by atoms with van der Waals surface area (Å²) >= 11 is 0. The summed E-state index contributed by atoms with van der Waals surface area (Å²) in [6.07, 6.45) is 6.72. The van der Waals surface area contributed by atoms with Crippen LogP contribution in [0.1, 0.15) is 37.8 Å². The molecule has 0 saturated carbocycles. The van der Waals surface area contributed by atoms with E-state index in [0.717, 1.165) is 30.5 Å². The molecule has 0 fully saturated rings. The fourth-order valence-corrected chi connectivity index (χ4v) is 1.31. The van der Waals surface area contributed by atoms with Crippen LogP contribution in [0.3, 0.4) is 0 Å². The van der Waals surface area contributed by atoms with Crippen LogP contribution in [-0.4, -0.2) is 4.98 Å². The quantitative estimate of drug-likeness (QED) is 0.741. The molecule has 0 bridgehead atoms. The lowest BCUT2D eigenvalue weighted by molar-refractivity contribution is 0.603. The minimum absolute atomic E-state index is 0.0358. The fraction of sp³-hybridized carbons (Fsp3) is 0.500. The van der Waals surface area contributed by atoms with Crippen molar-refractivity contribution in [3.8, 4) is 0 Å². The first kappa shape index (κ1) is 9.99. The maximum absolute atomic E-state index is 5.96. The molecule has 4 N–H and O–H groups in total.